The second kappa shape index (κ2) is 15.9. The standard InChI is InChI=1S/C28H20N4O8S2.C6H15N/c33-31(34)21-15-7-9-17-23(21)41(37,38)29-27-25(19-11-3-1-4-12-19)28(26(27)20-13-5-2-6-14-20)30-42(39,40)24-18-10-8-16-22(24)32(35)36;1-4-7(5-2)6-3/h1-18,25H,(H,29,37,38);4-6H2,1-3H3/b30-28+;. The van der Waals surface area contributed by atoms with Crippen molar-refractivity contribution in [2.24, 2.45) is 8.76 Å². The summed E-state index contributed by atoms with van der Waals surface area (Å²) in [5.41, 5.74) is -0.409. The third-order valence-corrected chi connectivity index (χ3v) is 10.4. The lowest BCUT2D eigenvalue weighted by Crippen LogP contribution is -2.30. The first-order valence-corrected chi connectivity index (χ1v) is 18.2. The molecule has 0 aromatic heterocycles. The maximum Gasteiger partial charge on any atom is 0.289 e. The zero-order chi connectivity index (χ0) is 35.8. The molecule has 15 heteroatoms. The molecule has 4 aromatic carbocycles. The molecule has 0 heterocycles. The molecule has 13 nitrogen and oxygen atoms in total. The van der Waals surface area contributed by atoms with Crippen molar-refractivity contribution in [2.45, 2.75) is 36.5 Å². The predicted molar refractivity (Wildman–Crippen MR) is 188 cm³/mol. The number of nitrogens with zero attached hydrogens (tertiary/aromatic N) is 5. The SMILES string of the molecule is CCN(CC)CC.O=[N+]([O-])c1ccccc1S(=O)(=O)/N=C1/C(c2ccccc2)=C(N=S(=O)(O)c2ccccc2[N+](=O)[O-])C1c1ccccc1. The fourth-order valence-electron chi connectivity index (χ4n) is 5.22. The van der Waals surface area contributed by atoms with Gasteiger partial charge in [0.2, 0.25) is 10.0 Å². The van der Waals surface area contributed by atoms with Gasteiger partial charge in [-0.2, -0.15) is 17.2 Å². The maximum absolute atomic E-state index is 13.6. The fourth-order valence-corrected chi connectivity index (χ4v) is 7.66. The normalized spacial score (nSPS) is 16.3. The Labute approximate surface area is 285 Å². The van der Waals surface area contributed by atoms with Crippen LogP contribution in [0.25, 0.3) is 5.57 Å². The van der Waals surface area contributed by atoms with Crippen molar-refractivity contribution in [1.29, 1.82) is 0 Å². The first kappa shape index (κ1) is 36.7. The highest BCUT2D eigenvalue weighted by Gasteiger charge is 2.42. The Hall–Kier alpha value is -5.09. The smallest absolute Gasteiger partial charge is 0.289 e. The monoisotopic (exact) mass is 705 g/mol. The number of para-hydroxylation sites is 2. The molecule has 0 radical (unpaired) electrons. The van der Waals surface area contributed by atoms with Gasteiger partial charge in [-0.3, -0.25) is 24.8 Å². The van der Waals surface area contributed by atoms with E-state index in [1.54, 1.807) is 60.7 Å². The first-order valence-electron chi connectivity index (χ1n) is 15.2. The molecule has 2 atom stereocenters. The largest absolute Gasteiger partial charge is 0.304 e. The van der Waals surface area contributed by atoms with Crippen LogP contribution in [0, 0.1) is 20.2 Å². The van der Waals surface area contributed by atoms with Gasteiger partial charge in [-0.25, -0.2) is 4.21 Å². The molecular weight excluding hydrogens is 671 g/mol. The average molecular weight is 706 g/mol. The Morgan fingerprint density at radius 1 is 0.694 bits per heavy atom. The van der Waals surface area contributed by atoms with Crippen molar-refractivity contribution in [3.05, 3.63) is 146 Å². The number of nitro benzene ring substituents is 2. The summed E-state index contributed by atoms with van der Waals surface area (Å²) in [4.78, 5) is 22.8. The van der Waals surface area contributed by atoms with Crippen molar-refractivity contribution in [3.63, 3.8) is 0 Å². The summed E-state index contributed by atoms with van der Waals surface area (Å²) in [5, 5.41) is 23.2. The van der Waals surface area contributed by atoms with Gasteiger partial charge < -0.3 is 4.90 Å². The molecular formula is C34H35N5O8S2. The van der Waals surface area contributed by atoms with Crippen LogP contribution in [-0.4, -0.2) is 57.3 Å². The van der Waals surface area contributed by atoms with E-state index in [1.165, 1.54) is 43.9 Å². The minimum Gasteiger partial charge on any atom is -0.304 e. The molecule has 1 N–H and O–H groups in total. The van der Waals surface area contributed by atoms with Gasteiger partial charge in [0.05, 0.1) is 27.2 Å². The lowest BCUT2D eigenvalue weighted by molar-refractivity contribution is -0.388. The Balaban J connectivity index is 0.000000698. The quantitative estimate of drug-likeness (QED) is 0.124. The average Bonchev–Trinajstić information content (AvgIpc) is 3.09. The van der Waals surface area contributed by atoms with E-state index >= 15 is 0 Å². The number of nitro groups is 2. The highest BCUT2D eigenvalue weighted by molar-refractivity contribution is 7.90. The van der Waals surface area contributed by atoms with Crippen LogP contribution in [0.1, 0.15) is 37.8 Å². The van der Waals surface area contributed by atoms with Crippen LogP contribution in [-0.2, 0) is 20.0 Å². The number of benzene rings is 4. The minimum atomic E-state index is -4.67. The first-order chi connectivity index (χ1) is 23.4. The summed E-state index contributed by atoms with van der Waals surface area (Å²) in [6.07, 6.45) is 0. The van der Waals surface area contributed by atoms with Crippen LogP contribution in [0.4, 0.5) is 11.4 Å². The van der Waals surface area contributed by atoms with Crippen LogP contribution in [0.5, 0.6) is 0 Å². The molecule has 0 spiro atoms. The van der Waals surface area contributed by atoms with E-state index in [-0.39, 0.29) is 17.0 Å². The van der Waals surface area contributed by atoms with Gasteiger partial charge in [0.25, 0.3) is 21.4 Å². The molecule has 1 aliphatic rings. The highest BCUT2D eigenvalue weighted by atomic mass is 32.2. The molecule has 4 aromatic rings. The van der Waals surface area contributed by atoms with E-state index in [0.29, 0.717) is 11.1 Å². The minimum absolute atomic E-state index is 0.0328. The van der Waals surface area contributed by atoms with E-state index in [4.69, 9.17) is 0 Å². The van der Waals surface area contributed by atoms with Gasteiger partial charge >= 0.3 is 0 Å². The second-order valence-corrected chi connectivity index (χ2v) is 13.8. The maximum atomic E-state index is 13.6. The molecule has 5 rings (SSSR count). The zero-order valence-corrected chi connectivity index (χ0v) is 28.6. The summed E-state index contributed by atoms with van der Waals surface area (Å²) in [7, 11) is -9.10. The molecule has 1 aliphatic carbocycles. The number of rotatable bonds is 11. The Bertz CT molecular complexity index is 2120. The van der Waals surface area contributed by atoms with Crippen molar-refractivity contribution >= 4 is 42.7 Å². The number of sulfonamides is 1. The number of hydrogen-bond donors (Lipinski definition) is 1. The molecule has 0 saturated carbocycles. The van der Waals surface area contributed by atoms with Crippen LogP contribution in [0.3, 0.4) is 0 Å². The Morgan fingerprint density at radius 2 is 1.14 bits per heavy atom. The van der Waals surface area contributed by atoms with E-state index in [1.807, 2.05) is 0 Å². The lowest BCUT2D eigenvalue weighted by Gasteiger charge is -2.33. The molecule has 49 heavy (non-hydrogen) atoms. The molecule has 0 aliphatic heterocycles. The molecule has 0 bridgehead atoms. The Kier molecular flexibility index (Phi) is 11.9. The summed E-state index contributed by atoms with van der Waals surface area (Å²) in [5.74, 6) is -1.06. The van der Waals surface area contributed by atoms with E-state index in [0.717, 1.165) is 24.3 Å². The van der Waals surface area contributed by atoms with E-state index in [2.05, 4.69) is 34.4 Å². The van der Waals surface area contributed by atoms with Crippen LogP contribution in [0.2, 0.25) is 0 Å². The summed E-state index contributed by atoms with van der Waals surface area (Å²) >= 11 is 0. The summed E-state index contributed by atoms with van der Waals surface area (Å²) in [6.45, 7) is 10.1. The zero-order valence-electron chi connectivity index (χ0n) is 26.9. The number of hydrogen-bond acceptors (Lipinski definition) is 9. The molecule has 256 valence electrons. The van der Waals surface area contributed by atoms with Crippen molar-refractivity contribution in [3.8, 4) is 0 Å². The van der Waals surface area contributed by atoms with Crippen molar-refractivity contribution in [1.82, 2.24) is 4.90 Å². The molecule has 2 unspecified atom stereocenters. The second-order valence-electron chi connectivity index (χ2n) is 10.6. The third-order valence-electron chi connectivity index (χ3n) is 7.73. The molecule has 0 amide bonds. The number of allylic oxidation sites excluding steroid dienone is 2. The van der Waals surface area contributed by atoms with Gasteiger partial charge in [-0.1, -0.05) is 106 Å². The predicted octanol–water partition coefficient (Wildman–Crippen LogP) is 7.19. The van der Waals surface area contributed by atoms with Crippen LogP contribution < -0.4 is 0 Å². The highest BCUT2D eigenvalue weighted by Crippen LogP contribution is 2.48. The Morgan fingerprint density at radius 3 is 1.63 bits per heavy atom. The molecule has 0 saturated heterocycles. The molecule has 0 fully saturated rings. The van der Waals surface area contributed by atoms with E-state index in [9.17, 15) is 37.4 Å². The third kappa shape index (κ3) is 8.32. The van der Waals surface area contributed by atoms with Crippen LogP contribution in [0.15, 0.2) is 133 Å². The van der Waals surface area contributed by atoms with Gasteiger partial charge in [0.1, 0.15) is 0 Å². The fraction of sp³-hybridized carbons (Fsp3) is 0.206. The van der Waals surface area contributed by atoms with Crippen molar-refractivity contribution < 1.29 is 27.0 Å². The summed E-state index contributed by atoms with van der Waals surface area (Å²) in [6, 6.07) is 26.3. The van der Waals surface area contributed by atoms with Gasteiger partial charge in [-0.05, 0) is 42.9 Å². The van der Waals surface area contributed by atoms with Crippen molar-refractivity contribution in [2.75, 3.05) is 19.6 Å². The van der Waals surface area contributed by atoms with Gasteiger partial charge in [0.15, 0.2) is 9.79 Å². The topological polar surface area (TPSA) is 186 Å². The van der Waals surface area contributed by atoms with Gasteiger partial charge in [0, 0.05) is 17.7 Å². The van der Waals surface area contributed by atoms with Crippen LogP contribution >= 0.6 is 0 Å². The van der Waals surface area contributed by atoms with Gasteiger partial charge in [-0.15, -0.1) is 0 Å². The van der Waals surface area contributed by atoms with E-state index < -0.39 is 57.0 Å². The lowest BCUT2D eigenvalue weighted by atomic mass is 9.73. The summed E-state index contributed by atoms with van der Waals surface area (Å²) < 4.78 is 59.9.